The largest absolute Gasteiger partial charge is 0.389 e. The first-order valence-corrected chi connectivity index (χ1v) is 5.57. The third-order valence-electron chi connectivity index (χ3n) is 3.78. The summed E-state index contributed by atoms with van der Waals surface area (Å²) in [6.45, 7) is 3.81. The molecule has 1 aliphatic carbocycles. The molecule has 2 aliphatic rings. The highest BCUT2D eigenvalue weighted by Gasteiger charge is 2.47. The summed E-state index contributed by atoms with van der Waals surface area (Å²) < 4.78 is 5.33. The van der Waals surface area contributed by atoms with Crippen LogP contribution < -0.4 is 0 Å². The Morgan fingerprint density at radius 3 is 2.15 bits per heavy atom. The Balaban J connectivity index is 2.00. The van der Waals surface area contributed by atoms with Crippen molar-refractivity contribution in [3.8, 4) is 0 Å². The van der Waals surface area contributed by atoms with E-state index in [9.17, 15) is 5.11 Å². The highest BCUT2D eigenvalue weighted by Crippen LogP contribution is 2.47. The summed E-state index contributed by atoms with van der Waals surface area (Å²) in [5.41, 5.74) is -0.357. The van der Waals surface area contributed by atoms with Crippen LogP contribution in [0.15, 0.2) is 0 Å². The Labute approximate surface area is 80.3 Å². The molecule has 2 fully saturated rings. The van der Waals surface area contributed by atoms with Gasteiger partial charge in [-0.2, -0.15) is 0 Å². The van der Waals surface area contributed by atoms with Gasteiger partial charge in [0, 0.05) is 13.2 Å². The zero-order chi connectivity index (χ0) is 9.31. The van der Waals surface area contributed by atoms with E-state index in [1.807, 2.05) is 0 Å². The Kier molecular flexibility index (Phi) is 2.61. The van der Waals surface area contributed by atoms with Gasteiger partial charge in [-0.3, -0.25) is 0 Å². The summed E-state index contributed by atoms with van der Waals surface area (Å²) >= 11 is 0. The zero-order valence-electron chi connectivity index (χ0n) is 8.46. The molecule has 1 unspecified atom stereocenters. The number of rotatable bonds is 3. The van der Waals surface area contributed by atoms with E-state index >= 15 is 0 Å². The molecule has 0 aromatic heterocycles. The van der Waals surface area contributed by atoms with Crippen LogP contribution in [0.2, 0.25) is 0 Å². The summed E-state index contributed by atoms with van der Waals surface area (Å²) in [6.07, 6.45) is 5.51. The smallest absolute Gasteiger partial charge is 0.0702 e. The van der Waals surface area contributed by atoms with Crippen LogP contribution in [-0.4, -0.2) is 23.9 Å². The van der Waals surface area contributed by atoms with E-state index < -0.39 is 0 Å². The Hall–Kier alpha value is -0.0800. The van der Waals surface area contributed by atoms with E-state index in [0.717, 1.165) is 32.5 Å². The van der Waals surface area contributed by atoms with Gasteiger partial charge in [0.25, 0.3) is 0 Å². The molecule has 0 bridgehead atoms. The lowest BCUT2D eigenvalue weighted by molar-refractivity contribution is -0.0824. The molecule has 1 saturated heterocycles. The average Bonchev–Trinajstić information content (AvgIpc) is 3.02. The molecule has 0 spiro atoms. The Bertz CT molecular complexity index is 171. The van der Waals surface area contributed by atoms with E-state index in [2.05, 4.69) is 6.92 Å². The fourth-order valence-electron chi connectivity index (χ4n) is 2.69. The minimum atomic E-state index is -0.357. The molecule has 2 rings (SSSR count). The van der Waals surface area contributed by atoms with Crippen LogP contribution in [0, 0.1) is 11.8 Å². The van der Waals surface area contributed by atoms with Crippen LogP contribution in [-0.2, 0) is 4.74 Å². The van der Waals surface area contributed by atoms with Crippen molar-refractivity contribution in [3.63, 3.8) is 0 Å². The van der Waals surface area contributed by atoms with Gasteiger partial charge in [-0.15, -0.1) is 0 Å². The van der Waals surface area contributed by atoms with Gasteiger partial charge >= 0.3 is 0 Å². The monoisotopic (exact) mass is 184 g/mol. The fraction of sp³-hybridized carbons (Fsp3) is 1.00. The minimum Gasteiger partial charge on any atom is -0.389 e. The maximum absolute atomic E-state index is 10.5. The van der Waals surface area contributed by atoms with Crippen molar-refractivity contribution in [2.45, 2.75) is 44.6 Å². The second-order valence-corrected chi connectivity index (χ2v) is 4.51. The van der Waals surface area contributed by atoms with Crippen LogP contribution in [0.1, 0.15) is 39.0 Å². The van der Waals surface area contributed by atoms with E-state index in [4.69, 9.17) is 4.74 Å². The van der Waals surface area contributed by atoms with E-state index in [1.165, 1.54) is 12.8 Å². The zero-order valence-corrected chi connectivity index (χ0v) is 8.46. The normalized spacial score (nSPS) is 30.0. The molecule has 1 atom stereocenters. The van der Waals surface area contributed by atoms with Crippen molar-refractivity contribution in [3.05, 3.63) is 0 Å². The van der Waals surface area contributed by atoms with Crippen molar-refractivity contribution in [1.29, 1.82) is 0 Å². The number of hydrogen-bond acceptors (Lipinski definition) is 2. The molecule has 76 valence electrons. The minimum absolute atomic E-state index is 0.357. The lowest BCUT2D eigenvalue weighted by atomic mass is 9.77. The van der Waals surface area contributed by atoms with Gasteiger partial charge < -0.3 is 9.84 Å². The topological polar surface area (TPSA) is 29.5 Å². The van der Waals surface area contributed by atoms with Gasteiger partial charge in [0.15, 0.2) is 0 Å². The van der Waals surface area contributed by atoms with E-state index in [-0.39, 0.29) is 5.60 Å². The standard InChI is InChI=1S/C11H20O2/c1-2-11(12,9-3-4-9)10-5-7-13-8-6-10/h9-10,12H,2-8H2,1H3. The van der Waals surface area contributed by atoms with Gasteiger partial charge in [0.1, 0.15) is 0 Å². The second-order valence-electron chi connectivity index (χ2n) is 4.51. The molecule has 1 saturated carbocycles. The summed E-state index contributed by atoms with van der Waals surface area (Å²) in [4.78, 5) is 0. The van der Waals surface area contributed by atoms with Gasteiger partial charge in [-0.25, -0.2) is 0 Å². The maximum Gasteiger partial charge on any atom is 0.0702 e. The molecular weight excluding hydrogens is 164 g/mol. The molecule has 2 heteroatoms. The molecule has 13 heavy (non-hydrogen) atoms. The molecule has 2 nitrogen and oxygen atoms in total. The van der Waals surface area contributed by atoms with Crippen LogP contribution >= 0.6 is 0 Å². The summed E-state index contributed by atoms with van der Waals surface area (Å²) in [5.74, 6) is 1.10. The summed E-state index contributed by atoms with van der Waals surface area (Å²) in [5, 5.41) is 10.5. The van der Waals surface area contributed by atoms with Crippen LogP contribution in [0.3, 0.4) is 0 Å². The molecule has 1 N–H and O–H groups in total. The first-order chi connectivity index (χ1) is 6.27. The molecule has 0 aromatic rings. The Morgan fingerprint density at radius 2 is 1.69 bits per heavy atom. The number of hydrogen-bond donors (Lipinski definition) is 1. The maximum atomic E-state index is 10.5. The van der Waals surface area contributed by atoms with Crippen LogP contribution in [0.5, 0.6) is 0 Å². The van der Waals surface area contributed by atoms with E-state index in [0.29, 0.717) is 11.8 Å². The lowest BCUT2D eigenvalue weighted by Crippen LogP contribution is -2.42. The number of aliphatic hydroxyl groups is 1. The predicted molar refractivity (Wildman–Crippen MR) is 51.5 cm³/mol. The van der Waals surface area contributed by atoms with Crippen molar-refractivity contribution in [1.82, 2.24) is 0 Å². The molecule has 0 aromatic carbocycles. The molecule has 1 heterocycles. The van der Waals surface area contributed by atoms with Crippen molar-refractivity contribution in [2.24, 2.45) is 11.8 Å². The molecule has 0 radical (unpaired) electrons. The molecular formula is C11H20O2. The average molecular weight is 184 g/mol. The van der Waals surface area contributed by atoms with Gasteiger partial charge in [-0.05, 0) is 43.9 Å². The van der Waals surface area contributed by atoms with Crippen molar-refractivity contribution in [2.75, 3.05) is 13.2 Å². The predicted octanol–water partition coefficient (Wildman–Crippen LogP) is 1.96. The summed E-state index contributed by atoms with van der Waals surface area (Å²) in [6, 6.07) is 0. The van der Waals surface area contributed by atoms with Crippen LogP contribution in [0.25, 0.3) is 0 Å². The van der Waals surface area contributed by atoms with Crippen LogP contribution in [0.4, 0.5) is 0 Å². The van der Waals surface area contributed by atoms with Crippen molar-refractivity contribution < 1.29 is 9.84 Å². The molecule has 0 amide bonds. The van der Waals surface area contributed by atoms with E-state index in [1.54, 1.807) is 0 Å². The first-order valence-electron chi connectivity index (χ1n) is 5.57. The molecule has 1 aliphatic heterocycles. The lowest BCUT2D eigenvalue weighted by Gasteiger charge is -2.38. The van der Waals surface area contributed by atoms with Gasteiger partial charge in [0.2, 0.25) is 0 Å². The summed E-state index contributed by atoms with van der Waals surface area (Å²) in [7, 11) is 0. The van der Waals surface area contributed by atoms with Gasteiger partial charge in [-0.1, -0.05) is 6.92 Å². The number of ether oxygens (including phenoxy) is 1. The first kappa shape index (κ1) is 9.47. The quantitative estimate of drug-likeness (QED) is 0.726. The fourth-order valence-corrected chi connectivity index (χ4v) is 2.69. The Morgan fingerprint density at radius 1 is 1.15 bits per heavy atom. The SMILES string of the molecule is CCC(O)(C1CCOCC1)C1CC1. The highest BCUT2D eigenvalue weighted by atomic mass is 16.5. The second kappa shape index (κ2) is 3.58. The van der Waals surface area contributed by atoms with Gasteiger partial charge in [0.05, 0.1) is 5.60 Å². The third kappa shape index (κ3) is 1.75. The third-order valence-corrected chi connectivity index (χ3v) is 3.78. The highest BCUT2D eigenvalue weighted by molar-refractivity contribution is 4.98. The van der Waals surface area contributed by atoms with Crippen molar-refractivity contribution >= 4 is 0 Å².